The minimum atomic E-state index is 0.921. The molecular weight excluding hydrogens is 100 g/mol. The number of unbranched alkanes of at least 4 members (excludes halogenated alkanes) is 1. The Labute approximate surface area is 50.7 Å². The van der Waals surface area contributed by atoms with Crippen molar-refractivity contribution >= 4 is 0 Å². The standard InChI is InChI=1S/C7H11O/c1-3-4-5-6-7-8-2/h5,7H,1,3-4H2,2H3. The van der Waals surface area contributed by atoms with E-state index in [1.807, 2.05) is 6.08 Å². The van der Waals surface area contributed by atoms with Crippen LogP contribution in [0.1, 0.15) is 12.8 Å². The van der Waals surface area contributed by atoms with E-state index >= 15 is 0 Å². The normalized spacial score (nSPS) is 7.25. The van der Waals surface area contributed by atoms with Gasteiger partial charge in [-0.2, -0.15) is 0 Å². The highest BCUT2D eigenvalue weighted by Crippen LogP contribution is 1.84. The minimum absolute atomic E-state index is 0.921. The molecule has 8 heavy (non-hydrogen) atoms. The summed E-state index contributed by atoms with van der Waals surface area (Å²) in [6.07, 6.45) is 5.32. The lowest BCUT2D eigenvalue weighted by atomic mass is 10.3. The molecule has 0 aliphatic carbocycles. The molecule has 0 saturated carbocycles. The van der Waals surface area contributed by atoms with E-state index in [1.165, 1.54) is 6.26 Å². The van der Waals surface area contributed by atoms with Gasteiger partial charge in [0.15, 0.2) is 0 Å². The largest absolute Gasteiger partial charge is 0.496 e. The molecule has 0 saturated heterocycles. The fourth-order valence-electron chi connectivity index (χ4n) is 0.302. The first-order valence-corrected chi connectivity index (χ1v) is 2.63. The number of rotatable bonds is 3. The van der Waals surface area contributed by atoms with Crippen LogP contribution in [0, 0.1) is 6.92 Å². The van der Waals surface area contributed by atoms with Crippen molar-refractivity contribution in [1.82, 2.24) is 0 Å². The Kier molecular flexibility index (Phi) is 5.78. The van der Waals surface area contributed by atoms with Gasteiger partial charge in [0.05, 0.1) is 7.11 Å². The molecule has 0 heterocycles. The van der Waals surface area contributed by atoms with Gasteiger partial charge >= 0.3 is 0 Å². The van der Waals surface area contributed by atoms with Gasteiger partial charge in [0.2, 0.25) is 0 Å². The Hall–Kier alpha value is -0.680. The molecule has 1 nitrogen and oxygen atoms in total. The Balaban J connectivity index is 3.18. The van der Waals surface area contributed by atoms with E-state index in [-0.39, 0.29) is 0 Å². The van der Waals surface area contributed by atoms with Crippen LogP contribution in [-0.2, 0) is 4.74 Å². The third-order valence-electron chi connectivity index (χ3n) is 0.652. The molecule has 0 atom stereocenters. The molecule has 1 radical (unpaired) electrons. The van der Waals surface area contributed by atoms with Crippen molar-refractivity contribution in [2.24, 2.45) is 0 Å². The summed E-state index contributed by atoms with van der Waals surface area (Å²) in [5.41, 5.74) is 2.82. The van der Waals surface area contributed by atoms with Crippen LogP contribution in [0.15, 0.2) is 18.1 Å². The zero-order chi connectivity index (χ0) is 6.24. The van der Waals surface area contributed by atoms with Crippen LogP contribution in [0.2, 0.25) is 0 Å². The average molecular weight is 111 g/mol. The van der Waals surface area contributed by atoms with E-state index in [2.05, 4.69) is 17.4 Å². The van der Waals surface area contributed by atoms with E-state index in [0.717, 1.165) is 12.8 Å². The second-order valence-corrected chi connectivity index (χ2v) is 1.37. The quantitative estimate of drug-likeness (QED) is 0.399. The lowest BCUT2D eigenvalue weighted by molar-refractivity contribution is 0.339. The van der Waals surface area contributed by atoms with E-state index in [4.69, 9.17) is 0 Å². The van der Waals surface area contributed by atoms with Gasteiger partial charge in [0, 0.05) is 0 Å². The number of hydrogen-bond acceptors (Lipinski definition) is 1. The van der Waals surface area contributed by atoms with E-state index in [1.54, 1.807) is 7.11 Å². The molecule has 0 rings (SSSR count). The molecule has 0 aromatic rings. The first-order valence-electron chi connectivity index (χ1n) is 2.63. The van der Waals surface area contributed by atoms with Crippen molar-refractivity contribution in [2.45, 2.75) is 12.8 Å². The molecular formula is C7H11O. The van der Waals surface area contributed by atoms with E-state index < -0.39 is 0 Å². The zero-order valence-electron chi connectivity index (χ0n) is 5.18. The van der Waals surface area contributed by atoms with Gasteiger partial charge in [0.1, 0.15) is 6.26 Å². The molecule has 1 heteroatoms. The number of allylic oxidation sites excluding steroid dienone is 1. The monoisotopic (exact) mass is 111 g/mol. The third-order valence-corrected chi connectivity index (χ3v) is 0.652. The van der Waals surface area contributed by atoms with E-state index in [0.29, 0.717) is 0 Å². The van der Waals surface area contributed by atoms with Gasteiger partial charge < -0.3 is 4.74 Å². The van der Waals surface area contributed by atoms with Crippen LogP contribution in [0.5, 0.6) is 0 Å². The summed E-state index contributed by atoms with van der Waals surface area (Å²) < 4.78 is 4.60. The SMILES string of the molecule is [CH2]CCC=C=COC. The highest BCUT2D eigenvalue weighted by atomic mass is 16.5. The maximum Gasteiger partial charge on any atom is 0.124 e. The molecule has 0 aliphatic heterocycles. The summed E-state index contributed by atoms with van der Waals surface area (Å²) in [6.45, 7) is 3.66. The van der Waals surface area contributed by atoms with Crippen molar-refractivity contribution in [2.75, 3.05) is 7.11 Å². The van der Waals surface area contributed by atoms with Crippen molar-refractivity contribution in [1.29, 1.82) is 0 Å². The van der Waals surface area contributed by atoms with Gasteiger partial charge in [-0.3, -0.25) is 0 Å². The molecule has 0 amide bonds. The lowest BCUT2D eigenvalue weighted by Crippen LogP contribution is -1.60. The third kappa shape index (κ3) is 5.32. The van der Waals surface area contributed by atoms with Crippen molar-refractivity contribution in [3.63, 3.8) is 0 Å². The van der Waals surface area contributed by atoms with Crippen molar-refractivity contribution in [3.05, 3.63) is 25.0 Å². The highest BCUT2D eigenvalue weighted by Gasteiger charge is 1.66. The summed E-state index contributed by atoms with van der Waals surface area (Å²) in [7, 11) is 1.60. The zero-order valence-corrected chi connectivity index (χ0v) is 5.18. The first kappa shape index (κ1) is 7.32. The molecule has 0 bridgehead atoms. The molecule has 0 aliphatic rings. The summed E-state index contributed by atoms with van der Waals surface area (Å²) in [6, 6.07) is 0. The van der Waals surface area contributed by atoms with E-state index in [9.17, 15) is 0 Å². The Morgan fingerprint density at radius 3 is 3.00 bits per heavy atom. The highest BCUT2D eigenvalue weighted by molar-refractivity contribution is 4.79. The maximum atomic E-state index is 4.60. The van der Waals surface area contributed by atoms with Crippen LogP contribution >= 0.6 is 0 Å². The van der Waals surface area contributed by atoms with Gasteiger partial charge in [0.25, 0.3) is 0 Å². The molecule has 0 aromatic heterocycles. The maximum absolute atomic E-state index is 4.60. The predicted octanol–water partition coefficient (Wildman–Crippen LogP) is 1.92. The molecule has 0 unspecified atom stereocenters. The van der Waals surface area contributed by atoms with Gasteiger partial charge in [-0.1, -0.05) is 12.7 Å². The minimum Gasteiger partial charge on any atom is -0.496 e. The summed E-state index contributed by atoms with van der Waals surface area (Å²) >= 11 is 0. The molecule has 0 aromatic carbocycles. The molecule has 0 N–H and O–H groups in total. The Morgan fingerprint density at radius 2 is 2.50 bits per heavy atom. The van der Waals surface area contributed by atoms with Gasteiger partial charge in [-0.05, 0) is 18.9 Å². The summed E-state index contributed by atoms with van der Waals surface area (Å²) in [5.74, 6) is 0. The van der Waals surface area contributed by atoms with Crippen molar-refractivity contribution in [3.8, 4) is 0 Å². The average Bonchev–Trinajstić information content (AvgIpc) is 1.81. The summed E-state index contributed by atoms with van der Waals surface area (Å²) in [4.78, 5) is 0. The topological polar surface area (TPSA) is 9.23 Å². The number of ether oxygens (including phenoxy) is 1. The van der Waals surface area contributed by atoms with Crippen LogP contribution in [0.3, 0.4) is 0 Å². The smallest absolute Gasteiger partial charge is 0.124 e. The van der Waals surface area contributed by atoms with Crippen LogP contribution in [-0.4, -0.2) is 7.11 Å². The predicted molar refractivity (Wildman–Crippen MR) is 34.3 cm³/mol. The molecule has 0 fully saturated rings. The summed E-state index contributed by atoms with van der Waals surface area (Å²) in [5, 5.41) is 0. The molecule has 45 valence electrons. The fraction of sp³-hybridized carbons (Fsp3) is 0.429. The van der Waals surface area contributed by atoms with Gasteiger partial charge in [-0.25, -0.2) is 0 Å². The van der Waals surface area contributed by atoms with Crippen molar-refractivity contribution < 1.29 is 4.74 Å². The second kappa shape index (κ2) is 6.32. The molecule has 0 spiro atoms. The van der Waals surface area contributed by atoms with Gasteiger partial charge in [-0.15, -0.1) is 0 Å². The fourth-order valence-corrected chi connectivity index (χ4v) is 0.302. The first-order chi connectivity index (χ1) is 3.91. The second-order valence-electron chi connectivity index (χ2n) is 1.37. The van der Waals surface area contributed by atoms with Crippen LogP contribution < -0.4 is 0 Å². The van der Waals surface area contributed by atoms with Crippen LogP contribution in [0.25, 0.3) is 0 Å². The Morgan fingerprint density at radius 1 is 1.75 bits per heavy atom. The number of hydrogen-bond donors (Lipinski definition) is 0. The van der Waals surface area contributed by atoms with Crippen LogP contribution in [0.4, 0.5) is 0 Å². The lowest BCUT2D eigenvalue weighted by Gasteiger charge is -1.78. The Bertz CT molecular complexity index is 88.6. The number of methoxy groups -OCH3 is 1.